The minimum absolute atomic E-state index is 0.0430. The van der Waals surface area contributed by atoms with Gasteiger partial charge in [0.25, 0.3) is 0 Å². The summed E-state index contributed by atoms with van der Waals surface area (Å²) >= 11 is 0. The molecule has 5 heteroatoms. The van der Waals surface area contributed by atoms with Crippen molar-refractivity contribution in [3.8, 4) is 0 Å². The van der Waals surface area contributed by atoms with Crippen LogP contribution in [0.15, 0.2) is 0 Å². The number of ether oxygens (including phenoxy) is 4. The van der Waals surface area contributed by atoms with Gasteiger partial charge in [0.2, 0.25) is 0 Å². The van der Waals surface area contributed by atoms with Gasteiger partial charge in [-0.25, -0.2) is 0 Å². The molecule has 0 aliphatic heterocycles. The molecule has 0 aliphatic rings. The summed E-state index contributed by atoms with van der Waals surface area (Å²) in [6, 6.07) is 0. The van der Waals surface area contributed by atoms with Gasteiger partial charge in [-0.1, -0.05) is 195 Å². The fourth-order valence-corrected chi connectivity index (χ4v) is 6.70. The normalized spacial score (nSPS) is 13.7. The average Bonchev–Trinajstić information content (AvgIpc) is 3.09. The van der Waals surface area contributed by atoms with Crippen LogP contribution in [0.1, 0.15) is 220 Å². The molecule has 0 fully saturated rings. The Balaban J connectivity index is 5.22. The molecule has 290 valence electrons. The molecule has 0 amide bonds. The first-order valence-electron chi connectivity index (χ1n) is 21.7. The van der Waals surface area contributed by atoms with Crippen LogP contribution in [0.4, 0.5) is 0 Å². The maximum absolute atomic E-state index is 9.04. The van der Waals surface area contributed by atoms with Gasteiger partial charge in [0, 0.05) is 0 Å². The van der Waals surface area contributed by atoms with E-state index in [2.05, 4.69) is 27.7 Å². The van der Waals surface area contributed by atoms with Gasteiger partial charge < -0.3 is 24.1 Å². The summed E-state index contributed by atoms with van der Waals surface area (Å²) in [6.07, 6.45) is 39.9. The minimum Gasteiger partial charge on any atom is -0.394 e. The van der Waals surface area contributed by atoms with Crippen LogP contribution < -0.4 is 0 Å². The van der Waals surface area contributed by atoms with Crippen LogP contribution in [0.2, 0.25) is 0 Å². The molecule has 0 spiro atoms. The molecule has 0 bridgehead atoms. The van der Waals surface area contributed by atoms with Crippen molar-refractivity contribution in [2.45, 2.75) is 239 Å². The van der Waals surface area contributed by atoms with Gasteiger partial charge in [-0.05, 0) is 25.7 Å². The quantitative estimate of drug-likeness (QED) is 0.0649. The second kappa shape index (κ2) is 41.2. The highest BCUT2D eigenvalue weighted by Gasteiger charge is 2.20. The lowest BCUT2D eigenvalue weighted by Gasteiger charge is -2.27. The van der Waals surface area contributed by atoms with E-state index in [9.17, 15) is 0 Å². The van der Waals surface area contributed by atoms with Crippen LogP contribution in [-0.4, -0.2) is 63.1 Å². The second-order valence-corrected chi connectivity index (χ2v) is 14.7. The van der Waals surface area contributed by atoms with Crippen molar-refractivity contribution in [2.75, 3.05) is 39.6 Å². The molecule has 1 N–H and O–H groups in total. The summed E-state index contributed by atoms with van der Waals surface area (Å²) in [6.45, 7) is 11.8. The average molecular weight is 685 g/mol. The zero-order valence-electron chi connectivity index (χ0n) is 33.3. The first-order chi connectivity index (χ1) is 23.7. The molecule has 0 aromatic heterocycles. The summed E-state index contributed by atoms with van der Waals surface area (Å²) in [7, 11) is 0. The number of unbranched alkanes of at least 4 members (excludes halogenated alkanes) is 22. The molecule has 0 heterocycles. The SMILES string of the molecule is CCCCCCCCCC(CCCCCCCC)OCC(COCCOCCO)OC(CCCCCCCC)CCCCCCCCC. The summed E-state index contributed by atoms with van der Waals surface area (Å²) < 4.78 is 25.2. The van der Waals surface area contributed by atoms with E-state index in [0.29, 0.717) is 39.1 Å². The Kier molecular flexibility index (Phi) is 41.1. The van der Waals surface area contributed by atoms with E-state index in [4.69, 9.17) is 24.1 Å². The molecule has 0 aliphatic carbocycles. The predicted octanol–water partition coefficient (Wildman–Crippen LogP) is 12.9. The number of aliphatic hydroxyl groups excluding tert-OH is 1. The van der Waals surface area contributed by atoms with E-state index >= 15 is 0 Å². The van der Waals surface area contributed by atoms with Gasteiger partial charge >= 0.3 is 0 Å². The van der Waals surface area contributed by atoms with Crippen molar-refractivity contribution >= 4 is 0 Å². The second-order valence-electron chi connectivity index (χ2n) is 14.7. The third kappa shape index (κ3) is 35.6. The van der Waals surface area contributed by atoms with Gasteiger partial charge in [0.15, 0.2) is 0 Å². The maximum atomic E-state index is 9.04. The van der Waals surface area contributed by atoms with Crippen LogP contribution in [-0.2, 0) is 18.9 Å². The Bertz CT molecular complexity index is 573. The molecule has 0 aromatic carbocycles. The minimum atomic E-state index is -0.0430. The monoisotopic (exact) mass is 685 g/mol. The Morgan fingerprint density at radius 3 is 1.10 bits per heavy atom. The van der Waals surface area contributed by atoms with E-state index in [1.165, 1.54) is 180 Å². The number of rotatable bonds is 42. The van der Waals surface area contributed by atoms with Gasteiger partial charge in [-0.15, -0.1) is 0 Å². The van der Waals surface area contributed by atoms with Gasteiger partial charge in [-0.2, -0.15) is 0 Å². The zero-order valence-corrected chi connectivity index (χ0v) is 33.3. The van der Waals surface area contributed by atoms with Crippen molar-refractivity contribution in [3.05, 3.63) is 0 Å². The summed E-state index contributed by atoms with van der Waals surface area (Å²) in [5.41, 5.74) is 0. The number of aliphatic hydroxyl groups is 1. The molecular weight excluding hydrogens is 596 g/mol. The molecular formula is C43H88O5. The van der Waals surface area contributed by atoms with Crippen molar-refractivity contribution < 1.29 is 24.1 Å². The Hall–Kier alpha value is -0.200. The smallest absolute Gasteiger partial charge is 0.104 e. The molecule has 3 atom stereocenters. The highest BCUT2D eigenvalue weighted by molar-refractivity contribution is 4.68. The lowest BCUT2D eigenvalue weighted by atomic mass is 10.0. The standard InChI is InChI=1S/C43H88O5/c1-5-9-13-17-21-25-28-32-41(31-27-23-19-15-11-7-3)47-40-43(39-46-38-37-45-36-35-44)48-42(33-29-24-20-16-12-8-4)34-30-26-22-18-14-10-6-2/h41-44H,5-40H2,1-4H3. The van der Waals surface area contributed by atoms with Crippen molar-refractivity contribution in [1.29, 1.82) is 0 Å². The van der Waals surface area contributed by atoms with Gasteiger partial charge in [-0.3, -0.25) is 0 Å². The molecule has 48 heavy (non-hydrogen) atoms. The van der Waals surface area contributed by atoms with E-state index in [1.807, 2.05) is 0 Å². The highest BCUT2D eigenvalue weighted by atomic mass is 16.6. The van der Waals surface area contributed by atoms with Crippen LogP contribution in [0, 0.1) is 0 Å². The number of hydrogen-bond acceptors (Lipinski definition) is 5. The van der Waals surface area contributed by atoms with Crippen LogP contribution in [0.5, 0.6) is 0 Å². The molecule has 0 aromatic rings. The first-order valence-corrected chi connectivity index (χ1v) is 21.7. The molecule has 3 unspecified atom stereocenters. The van der Waals surface area contributed by atoms with E-state index in [1.54, 1.807) is 0 Å². The fraction of sp³-hybridized carbons (Fsp3) is 1.00. The van der Waals surface area contributed by atoms with Crippen LogP contribution in [0.3, 0.4) is 0 Å². The lowest BCUT2D eigenvalue weighted by molar-refractivity contribution is -0.114. The van der Waals surface area contributed by atoms with E-state index in [0.717, 1.165) is 12.8 Å². The zero-order chi connectivity index (χ0) is 35.0. The topological polar surface area (TPSA) is 57.2 Å². The summed E-state index contributed by atoms with van der Waals surface area (Å²) in [5, 5.41) is 9.04. The van der Waals surface area contributed by atoms with Crippen molar-refractivity contribution in [3.63, 3.8) is 0 Å². The van der Waals surface area contributed by atoms with Crippen LogP contribution >= 0.6 is 0 Å². The fourth-order valence-electron chi connectivity index (χ4n) is 6.70. The molecule has 0 saturated heterocycles. The Morgan fingerprint density at radius 1 is 0.354 bits per heavy atom. The Morgan fingerprint density at radius 2 is 0.708 bits per heavy atom. The number of hydrogen-bond donors (Lipinski definition) is 1. The summed E-state index contributed by atoms with van der Waals surface area (Å²) in [5.74, 6) is 0. The molecule has 0 saturated carbocycles. The summed E-state index contributed by atoms with van der Waals surface area (Å²) in [4.78, 5) is 0. The largest absolute Gasteiger partial charge is 0.394 e. The highest BCUT2D eigenvalue weighted by Crippen LogP contribution is 2.21. The van der Waals surface area contributed by atoms with Gasteiger partial charge in [0.1, 0.15) is 6.10 Å². The van der Waals surface area contributed by atoms with Crippen LogP contribution in [0.25, 0.3) is 0 Å². The van der Waals surface area contributed by atoms with Crippen molar-refractivity contribution in [1.82, 2.24) is 0 Å². The van der Waals surface area contributed by atoms with E-state index < -0.39 is 0 Å². The predicted molar refractivity (Wildman–Crippen MR) is 208 cm³/mol. The Labute approximate surface area is 301 Å². The lowest BCUT2D eigenvalue weighted by Crippen LogP contribution is -2.33. The van der Waals surface area contributed by atoms with E-state index in [-0.39, 0.29) is 18.8 Å². The molecule has 0 rings (SSSR count). The third-order valence-corrected chi connectivity index (χ3v) is 9.83. The molecule has 5 nitrogen and oxygen atoms in total. The third-order valence-electron chi connectivity index (χ3n) is 9.83. The maximum Gasteiger partial charge on any atom is 0.104 e. The first kappa shape index (κ1) is 47.8. The molecule has 0 radical (unpaired) electrons. The van der Waals surface area contributed by atoms with Gasteiger partial charge in [0.05, 0.1) is 51.8 Å². The van der Waals surface area contributed by atoms with Crippen molar-refractivity contribution in [2.24, 2.45) is 0 Å².